The molecule has 2 fully saturated rings. The molecule has 2 atom stereocenters. The van der Waals surface area contributed by atoms with E-state index in [1.54, 1.807) is 0 Å². The third-order valence-electron chi connectivity index (χ3n) is 3.99. The van der Waals surface area contributed by atoms with Gasteiger partial charge in [0.15, 0.2) is 0 Å². The number of ether oxygens (including phenoxy) is 1. The van der Waals surface area contributed by atoms with Crippen LogP contribution in [0, 0.1) is 0 Å². The Morgan fingerprint density at radius 2 is 2.33 bits per heavy atom. The van der Waals surface area contributed by atoms with Gasteiger partial charge in [0.05, 0.1) is 7.11 Å². The fraction of sp³-hybridized carbons (Fsp3) is 0.923. The smallest absolute Gasteiger partial charge is 0.407 e. The van der Waals surface area contributed by atoms with Gasteiger partial charge < -0.3 is 20.3 Å². The van der Waals surface area contributed by atoms with Crippen molar-refractivity contribution in [3.05, 3.63) is 0 Å². The molecule has 0 bridgehead atoms. The van der Waals surface area contributed by atoms with Crippen molar-refractivity contribution in [1.82, 2.24) is 15.5 Å². The summed E-state index contributed by atoms with van der Waals surface area (Å²) in [5.41, 5.74) is 0. The molecule has 2 rings (SSSR count). The first-order chi connectivity index (χ1) is 8.78. The van der Waals surface area contributed by atoms with Crippen LogP contribution in [0.1, 0.15) is 32.1 Å². The lowest BCUT2D eigenvalue weighted by atomic mass is 10.0. The van der Waals surface area contributed by atoms with Crippen LogP contribution >= 0.6 is 0 Å². The van der Waals surface area contributed by atoms with E-state index in [2.05, 4.69) is 20.3 Å². The lowest BCUT2D eigenvalue weighted by Crippen LogP contribution is -2.39. The van der Waals surface area contributed by atoms with Crippen molar-refractivity contribution in [2.24, 2.45) is 0 Å². The number of alkyl carbamates (subject to hydrolysis) is 1. The van der Waals surface area contributed by atoms with Gasteiger partial charge in [-0.3, -0.25) is 0 Å². The number of carbonyl (C=O) groups is 1. The first-order valence-corrected chi connectivity index (χ1v) is 7.08. The fourth-order valence-electron chi connectivity index (χ4n) is 2.89. The predicted molar refractivity (Wildman–Crippen MR) is 70.6 cm³/mol. The second-order valence-corrected chi connectivity index (χ2v) is 5.36. The Bertz CT molecular complexity index is 267. The number of amides is 1. The number of rotatable bonds is 4. The van der Waals surface area contributed by atoms with Crippen LogP contribution in [-0.2, 0) is 4.74 Å². The predicted octanol–water partition coefficient (Wildman–Crippen LogP) is 0.949. The van der Waals surface area contributed by atoms with Gasteiger partial charge in [-0.2, -0.15) is 0 Å². The summed E-state index contributed by atoms with van der Waals surface area (Å²) in [5, 5.41) is 6.46. The molecule has 2 aliphatic rings. The number of carbonyl (C=O) groups excluding carboxylic acids is 1. The van der Waals surface area contributed by atoms with Gasteiger partial charge in [-0.1, -0.05) is 6.42 Å². The van der Waals surface area contributed by atoms with Crippen LogP contribution in [0.25, 0.3) is 0 Å². The summed E-state index contributed by atoms with van der Waals surface area (Å²) in [4.78, 5) is 13.6. The maximum atomic E-state index is 11.1. The SMILES string of the molecule is COC(=O)NC1CCN(CCC2CCCCN2)C1. The number of piperidine rings is 1. The van der Waals surface area contributed by atoms with Crippen LogP contribution in [0.2, 0.25) is 0 Å². The largest absolute Gasteiger partial charge is 0.453 e. The number of likely N-dealkylation sites (tertiary alicyclic amines) is 1. The fourth-order valence-corrected chi connectivity index (χ4v) is 2.89. The molecular formula is C13H25N3O2. The summed E-state index contributed by atoms with van der Waals surface area (Å²) in [6.07, 6.45) is 5.96. The first-order valence-electron chi connectivity index (χ1n) is 7.08. The van der Waals surface area contributed by atoms with Crippen molar-refractivity contribution in [2.45, 2.75) is 44.2 Å². The minimum Gasteiger partial charge on any atom is -0.453 e. The molecule has 5 heteroatoms. The number of nitrogens with zero attached hydrogens (tertiary/aromatic N) is 1. The zero-order valence-corrected chi connectivity index (χ0v) is 11.3. The van der Waals surface area contributed by atoms with Gasteiger partial charge in [0.25, 0.3) is 0 Å². The number of methoxy groups -OCH3 is 1. The zero-order valence-electron chi connectivity index (χ0n) is 11.3. The molecule has 0 radical (unpaired) electrons. The Morgan fingerprint density at radius 1 is 1.44 bits per heavy atom. The lowest BCUT2D eigenvalue weighted by molar-refractivity contribution is 0.166. The Hall–Kier alpha value is -0.810. The third kappa shape index (κ3) is 4.14. The molecule has 2 saturated heterocycles. The van der Waals surface area contributed by atoms with E-state index in [1.807, 2.05) is 0 Å². The normalized spacial score (nSPS) is 29.2. The molecule has 0 spiro atoms. The minimum atomic E-state index is -0.309. The molecule has 1 amide bonds. The molecule has 2 unspecified atom stereocenters. The molecule has 104 valence electrons. The average molecular weight is 255 g/mol. The first kappa shape index (κ1) is 13.6. The molecule has 5 nitrogen and oxygen atoms in total. The topological polar surface area (TPSA) is 53.6 Å². The van der Waals surface area contributed by atoms with Crippen molar-refractivity contribution in [2.75, 3.05) is 33.3 Å². The molecule has 0 aliphatic carbocycles. The van der Waals surface area contributed by atoms with Crippen molar-refractivity contribution >= 4 is 6.09 Å². The van der Waals surface area contributed by atoms with E-state index in [4.69, 9.17) is 0 Å². The van der Waals surface area contributed by atoms with Crippen LogP contribution in [0.15, 0.2) is 0 Å². The molecule has 2 aliphatic heterocycles. The Labute approximate surface area is 109 Å². The summed E-state index contributed by atoms with van der Waals surface area (Å²) in [5.74, 6) is 0. The molecule has 18 heavy (non-hydrogen) atoms. The molecule has 0 aromatic rings. The monoisotopic (exact) mass is 255 g/mol. The van der Waals surface area contributed by atoms with Crippen LogP contribution < -0.4 is 10.6 Å². The van der Waals surface area contributed by atoms with Crippen molar-refractivity contribution < 1.29 is 9.53 Å². The van der Waals surface area contributed by atoms with Crippen LogP contribution in [0.3, 0.4) is 0 Å². The average Bonchev–Trinajstić information content (AvgIpc) is 2.85. The molecule has 0 aromatic carbocycles. The van der Waals surface area contributed by atoms with E-state index < -0.39 is 0 Å². The van der Waals surface area contributed by atoms with E-state index in [-0.39, 0.29) is 12.1 Å². The highest BCUT2D eigenvalue weighted by Gasteiger charge is 2.24. The zero-order chi connectivity index (χ0) is 12.8. The Kier molecular flexibility index (Phi) is 5.26. The molecule has 0 saturated carbocycles. The van der Waals surface area contributed by atoms with Gasteiger partial charge in [0.1, 0.15) is 0 Å². The third-order valence-corrected chi connectivity index (χ3v) is 3.99. The van der Waals surface area contributed by atoms with E-state index in [9.17, 15) is 4.79 Å². The summed E-state index contributed by atoms with van der Waals surface area (Å²) >= 11 is 0. The van der Waals surface area contributed by atoms with Crippen molar-refractivity contribution in [3.63, 3.8) is 0 Å². The van der Waals surface area contributed by atoms with Gasteiger partial charge >= 0.3 is 6.09 Å². The standard InChI is InChI=1S/C13H25N3O2/c1-18-13(17)15-12-6-9-16(10-12)8-5-11-4-2-3-7-14-11/h11-12,14H,2-10H2,1H3,(H,15,17). The van der Waals surface area contributed by atoms with Crippen LogP contribution in [0.4, 0.5) is 4.79 Å². The number of hydrogen-bond donors (Lipinski definition) is 2. The van der Waals surface area contributed by atoms with E-state index >= 15 is 0 Å². The van der Waals surface area contributed by atoms with Gasteiger partial charge in [-0.25, -0.2) is 4.79 Å². The highest BCUT2D eigenvalue weighted by Crippen LogP contribution is 2.14. The Balaban J connectivity index is 1.61. The van der Waals surface area contributed by atoms with Crippen LogP contribution in [0.5, 0.6) is 0 Å². The maximum absolute atomic E-state index is 11.1. The van der Waals surface area contributed by atoms with Gasteiger partial charge in [-0.05, 0) is 38.8 Å². The highest BCUT2D eigenvalue weighted by atomic mass is 16.5. The van der Waals surface area contributed by atoms with Crippen LogP contribution in [-0.4, -0.2) is 56.4 Å². The quantitative estimate of drug-likeness (QED) is 0.785. The second-order valence-electron chi connectivity index (χ2n) is 5.36. The Morgan fingerprint density at radius 3 is 3.06 bits per heavy atom. The van der Waals surface area contributed by atoms with E-state index in [1.165, 1.54) is 39.3 Å². The maximum Gasteiger partial charge on any atom is 0.407 e. The minimum absolute atomic E-state index is 0.261. The molecule has 2 N–H and O–H groups in total. The molecule has 2 heterocycles. The lowest BCUT2D eigenvalue weighted by Gasteiger charge is -2.25. The summed E-state index contributed by atoms with van der Waals surface area (Å²) in [6, 6.07) is 0.961. The van der Waals surface area contributed by atoms with Gasteiger partial charge in [0, 0.05) is 25.2 Å². The summed E-state index contributed by atoms with van der Waals surface area (Å²) in [6.45, 7) is 4.36. The van der Waals surface area contributed by atoms with Gasteiger partial charge in [-0.15, -0.1) is 0 Å². The molecular weight excluding hydrogens is 230 g/mol. The van der Waals surface area contributed by atoms with E-state index in [0.717, 1.165) is 26.1 Å². The van der Waals surface area contributed by atoms with Crippen molar-refractivity contribution in [3.8, 4) is 0 Å². The van der Waals surface area contributed by atoms with E-state index in [0.29, 0.717) is 6.04 Å². The number of hydrogen-bond acceptors (Lipinski definition) is 4. The molecule has 0 aromatic heterocycles. The van der Waals surface area contributed by atoms with Gasteiger partial charge in [0.2, 0.25) is 0 Å². The summed E-state index contributed by atoms with van der Waals surface area (Å²) < 4.78 is 4.62. The van der Waals surface area contributed by atoms with Crippen molar-refractivity contribution in [1.29, 1.82) is 0 Å². The summed E-state index contributed by atoms with van der Waals surface area (Å²) in [7, 11) is 1.41. The highest BCUT2D eigenvalue weighted by molar-refractivity contribution is 5.67. The number of nitrogens with one attached hydrogen (secondary N) is 2. The second kappa shape index (κ2) is 6.95.